The van der Waals surface area contributed by atoms with Crippen molar-refractivity contribution >= 4 is 29.7 Å². The predicted molar refractivity (Wildman–Crippen MR) is 134 cm³/mol. The Kier molecular flexibility index (Phi) is 11.5. The maximum Gasteiger partial charge on any atom is 0.548 e. The lowest BCUT2D eigenvalue weighted by atomic mass is 9.96. The summed E-state index contributed by atoms with van der Waals surface area (Å²) in [6.07, 6.45) is 10.9. The first-order valence-corrected chi connectivity index (χ1v) is 12.4. The highest BCUT2D eigenvalue weighted by Crippen LogP contribution is 2.37. The Morgan fingerprint density at radius 3 is 2.24 bits per heavy atom. The van der Waals surface area contributed by atoms with Gasteiger partial charge in [-0.05, 0) is 29.2 Å². The number of thiol groups is 1. The number of hydrogen-bond donors (Lipinski definition) is 2. The van der Waals surface area contributed by atoms with Gasteiger partial charge in [0.15, 0.2) is 5.92 Å². The number of carboxylic acid groups (broad SMARTS) is 1. The number of amides is 1. The molecule has 2 unspecified atom stereocenters. The first-order chi connectivity index (χ1) is 16.3. The molecule has 0 bridgehead atoms. The number of methoxy groups -OCH3 is 1. The summed E-state index contributed by atoms with van der Waals surface area (Å²) in [5.74, 6) is -0.227. The summed E-state index contributed by atoms with van der Waals surface area (Å²) in [4.78, 5) is 24.4. The van der Waals surface area contributed by atoms with Crippen LogP contribution in [0.3, 0.4) is 0 Å². The molecular formula is C24H37N4O5S+. The average molecular weight is 494 g/mol. The van der Waals surface area contributed by atoms with Crippen molar-refractivity contribution in [3.05, 3.63) is 23.8 Å². The summed E-state index contributed by atoms with van der Waals surface area (Å²) >= 11 is 4.02. The van der Waals surface area contributed by atoms with E-state index in [4.69, 9.17) is 9.47 Å². The van der Waals surface area contributed by atoms with Crippen LogP contribution < -0.4 is 9.47 Å². The Labute approximate surface area is 207 Å². The molecule has 0 saturated carbocycles. The van der Waals surface area contributed by atoms with E-state index >= 15 is 0 Å². The number of hydrogen-bond acceptors (Lipinski definition) is 7. The van der Waals surface area contributed by atoms with Gasteiger partial charge in [0.05, 0.1) is 18.9 Å². The van der Waals surface area contributed by atoms with E-state index in [-0.39, 0.29) is 5.84 Å². The minimum atomic E-state index is -1.31. The van der Waals surface area contributed by atoms with Gasteiger partial charge in [0.1, 0.15) is 18.5 Å². The van der Waals surface area contributed by atoms with Gasteiger partial charge < -0.3 is 14.6 Å². The van der Waals surface area contributed by atoms with E-state index < -0.39 is 21.7 Å². The van der Waals surface area contributed by atoms with Crippen LogP contribution in [0.5, 0.6) is 11.5 Å². The molecule has 1 aromatic rings. The minimum absolute atomic E-state index is 0.0652. The molecule has 0 aromatic heterocycles. The molecule has 2 rings (SSSR count). The molecule has 0 aliphatic carbocycles. The van der Waals surface area contributed by atoms with Crippen molar-refractivity contribution in [3.63, 3.8) is 0 Å². The minimum Gasteiger partial charge on any atom is -0.497 e. The summed E-state index contributed by atoms with van der Waals surface area (Å²) in [5.41, 5.74) is 0.420. The molecule has 0 radical (unpaired) electrons. The monoisotopic (exact) mass is 493 g/mol. The maximum atomic E-state index is 12.6. The summed E-state index contributed by atoms with van der Waals surface area (Å²) in [6.45, 7) is 2.71. The second kappa shape index (κ2) is 14.1. The first kappa shape index (κ1) is 27.8. The fourth-order valence-electron chi connectivity index (χ4n) is 3.89. The van der Waals surface area contributed by atoms with Crippen LogP contribution in [0.1, 0.15) is 82.6 Å². The molecule has 2 atom stereocenters. The van der Waals surface area contributed by atoms with Crippen molar-refractivity contribution in [2.45, 2.75) is 77.0 Å². The molecule has 1 amide bonds. The van der Waals surface area contributed by atoms with Gasteiger partial charge >= 0.3 is 6.09 Å². The van der Waals surface area contributed by atoms with E-state index in [0.29, 0.717) is 23.7 Å². The third kappa shape index (κ3) is 7.53. The molecule has 9 nitrogen and oxygen atoms in total. The Morgan fingerprint density at radius 2 is 1.68 bits per heavy atom. The van der Waals surface area contributed by atoms with Gasteiger partial charge in [0.2, 0.25) is 5.12 Å². The Bertz CT molecular complexity index is 892. The van der Waals surface area contributed by atoms with E-state index in [9.17, 15) is 14.7 Å². The molecule has 188 valence electrons. The smallest absolute Gasteiger partial charge is 0.497 e. The molecule has 0 fully saturated rings. The zero-order valence-electron chi connectivity index (χ0n) is 20.4. The van der Waals surface area contributed by atoms with Gasteiger partial charge in [-0.2, -0.15) is 4.79 Å². The third-order valence-electron chi connectivity index (χ3n) is 5.97. The zero-order chi connectivity index (χ0) is 25.0. The van der Waals surface area contributed by atoms with Gasteiger partial charge in [-0.3, -0.25) is 4.79 Å². The number of unbranched alkanes of at least 4 members (excludes halogenated alkanes) is 9. The van der Waals surface area contributed by atoms with Gasteiger partial charge in [0, 0.05) is 10.8 Å². The van der Waals surface area contributed by atoms with E-state index in [2.05, 4.69) is 35.1 Å². The number of amidine groups is 1. The van der Waals surface area contributed by atoms with Crippen LogP contribution in [0, 0.1) is 0 Å². The number of quaternary nitrogens is 1. The normalized spacial score (nSPS) is 17.9. The average Bonchev–Trinajstić information content (AvgIpc) is 3.20. The fraction of sp³-hybridized carbons (Fsp3) is 0.625. The Hall–Kier alpha value is -2.46. The van der Waals surface area contributed by atoms with Crippen LogP contribution >= 0.6 is 12.6 Å². The van der Waals surface area contributed by atoms with E-state index in [0.717, 1.165) is 12.8 Å². The highest BCUT2D eigenvalue weighted by molar-refractivity contribution is 7.96. The summed E-state index contributed by atoms with van der Waals surface area (Å²) in [6, 6.07) is 5.08. The predicted octanol–water partition coefficient (Wildman–Crippen LogP) is 6.35. The Morgan fingerprint density at radius 1 is 1.06 bits per heavy atom. The molecule has 1 heterocycles. The quantitative estimate of drug-likeness (QED) is 0.158. The number of carbonyl (C=O) groups excluding carboxylic acids is 1. The first-order valence-electron chi connectivity index (χ1n) is 12.0. The van der Waals surface area contributed by atoms with Crippen molar-refractivity contribution in [2.75, 3.05) is 20.8 Å². The molecule has 1 aliphatic rings. The molecule has 1 aliphatic heterocycles. The highest BCUT2D eigenvalue weighted by atomic mass is 32.1. The Balaban J connectivity index is 2.00. The number of ether oxygens (including phenoxy) is 2. The topological polar surface area (TPSA) is 110 Å². The van der Waals surface area contributed by atoms with Crippen LogP contribution in [0.25, 0.3) is 0 Å². The molecule has 10 heteroatoms. The van der Waals surface area contributed by atoms with Crippen LogP contribution in [-0.4, -0.2) is 47.5 Å². The SMILES string of the molecule is CCCCCCCCCCCCOc1ccc(OC)cc1C(C(=O)S)C1=NN=N[N+]1(C)C(=O)O. The van der Waals surface area contributed by atoms with E-state index in [1.165, 1.54) is 65.5 Å². The van der Waals surface area contributed by atoms with Crippen molar-refractivity contribution in [1.29, 1.82) is 0 Å². The van der Waals surface area contributed by atoms with Crippen LogP contribution in [-0.2, 0) is 4.79 Å². The number of carbonyl (C=O) groups is 2. The lowest BCUT2D eigenvalue weighted by molar-refractivity contribution is -0.754. The molecule has 1 aromatic carbocycles. The molecule has 1 N–H and O–H groups in total. The number of rotatable bonds is 16. The highest BCUT2D eigenvalue weighted by Gasteiger charge is 2.51. The van der Waals surface area contributed by atoms with E-state index in [1.54, 1.807) is 18.2 Å². The van der Waals surface area contributed by atoms with Crippen molar-refractivity contribution < 1.29 is 28.8 Å². The van der Waals surface area contributed by atoms with Gasteiger partial charge in [-0.1, -0.05) is 69.8 Å². The van der Waals surface area contributed by atoms with Crippen LogP contribution in [0.4, 0.5) is 4.79 Å². The number of nitrogens with zero attached hydrogens (tertiary/aromatic N) is 4. The van der Waals surface area contributed by atoms with E-state index in [1.807, 2.05) is 0 Å². The molecule has 0 saturated heterocycles. The standard InChI is InChI=1S/C24H36N4O5S/c1-4-5-6-7-8-9-10-11-12-13-16-33-20-15-14-18(32-3)17-19(20)21(23(29)34)22-25-26-27-28(22,2)24(30)31/h14-15,17,21H,4-13,16H2,1-3H3,(H-,29,30,31,34)/p+1. The lowest BCUT2D eigenvalue weighted by Gasteiger charge is -2.23. The summed E-state index contributed by atoms with van der Waals surface area (Å²) in [5, 5.41) is 20.1. The van der Waals surface area contributed by atoms with Gasteiger partial charge in [0.25, 0.3) is 5.84 Å². The molecule has 0 spiro atoms. The van der Waals surface area contributed by atoms with Crippen LogP contribution in [0.2, 0.25) is 0 Å². The zero-order valence-corrected chi connectivity index (χ0v) is 21.3. The van der Waals surface area contributed by atoms with Crippen molar-refractivity contribution in [3.8, 4) is 11.5 Å². The van der Waals surface area contributed by atoms with Crippen molar-refractivity contribution in [2.24, 2.45) is 15.5 Å². The van der Waals surface area contributed by atoms with Gasteiger partial charge in [-0.15, -0.1) is 12.6 Å². The van der Waals surface area contributed by atoms with Gasteiger partial charge in [-0.25, -0.2) is 0 Å². The lowest BCUT2D eigenvalue weighted by Crippen LogP contribution is -2.50. The summed E-state index contributed by atoms with van der Waals surface area (Å²) in [7, 11) is 2.81. The fourth-order valence-corrected chi connectivity index (χ4v) is 4.14. The van der Waals surface area contributed by atoms with Crippen LogP contribution in [0.15, 0.2) is 33.7 Å². The second-order valence-corrected chi connectivity index (χ2v) is 9.02. The maximum absolute atomic E-state index is 12.6. The third-order valence-corrected chi connectivity index (χ3v) is 6.23. The molecular weight excluding hydrogens is 456 g/mol. The number of benzene rings is 1. The number of likely N-dealkylation sites (N-methyl/N-ethyl adjacent to an activating group) is 1. The second-order valence-electron chi connectivity index (χ2n) is 8.58. The van der Waals surface area contributed by atoms with Crippen molar-refractivity contribution in [1.82, 2.24) is 0 Å². The summed E-state index contributed by atoms with van der Waals surface area (Å²) < 4.78 is 10.3. The molecule has 34 heavy (non-hydrogen) atoms. The largest absolute Gasteiger partial charge is 0.548 e.